The Balaban J connectivity index is 1.78. The van der Waals surface area contributed by atoms with E-state index < -0.39 is 22.3 Å². The fourth-order valence-electron chi connectivity index (χ4n) is 6.86. The first-order valence-electron chi connectivity index (χ1n) is 9.11. The van der Waals surface area contributed by atoms with Crippen molar-refractivity contribution in [1.82, 2.24) is 0 Å². The fourth-order valence-corrected chi connectivity index (χ4v) is 7.35. The van der Waals surface area contributed by atoms with Crippen LogP contribution in [0.3, 0.4) is 0 Å². The normalized spacial score (nSPS) is 52.8. The standard InChI is InChI=1S/C19H27ClO3/c1-18-8-3-4-11(18)10-5-6-13-14(20)15(21)16(22)17(23)19(13,2)12(10)7-9-18/h10-14,22-23H,3-9H2,1-2H3/t10-,11-,12-,13?,14?,18-,19+/m0/s1. The average molecular weight is 339 g/mol. The maximum Gasteiger partial charge on any atom is 0.218 e. The molecule has 4 aliphatic rings. The van der Waals surface area contributed by atoms with Crippen LogP contribution in [0.1, 0.15) is 58.8 Å². The molecule has 0 bridgehead atoms. The van der Waals surface area contributed by atoms with E-state index in [0.717, 1.165) is 25.2 Å². The Morgan fingerprint density at radius 3 is 2.48 bits per heavy atom. The SMILES string of the molecule is C[C@@]12CCC[C@H]1[C@@H]1CCC3C(Cl)C(=O)C(O)=C(O)[C@]3(C)[C@H]1CC2. The highest BCUT2D eigenvalue weighted by molar-refractivity contribution is 6.34. The molecular formula is C19H27ClO3. The van der Waals surface area contributed by atoms with Crippen molar-refractivity contribution >= 4 is 17.4 Å². The first-order valence-corrected chi connectivity index (χ1v) is 9.55. The zero-order valence-corrected chi connectivity index (χ0v) is 14.8. The minimum atomic E-state index is -0.700. The van der Waals surface area contributed by atoms with Crippen LogP contribution >= 0.6 is 11.6 Å². The number of hydrogen-bond acceptors (Lipinski definition) is 3. The second-order valence-electron chi connectivity index (χ2n) is 8.89. The summed E-state index contributed by atoms with van der Waals surface area (Å²) in [5.74, 6) is 0.523. The van der Waals surface area contributed by atoms with Gasteiger partial charge in [0.2, 0.25) is 5.78 Å². The maximum absolute atomic E-state index is 12.1. The van der Waals surface area contributed by atoms with E-state index in [-0.39, 0.29) is 11.7 Å². The molecule has 4 heteroatoms. The molecule has 0 saturated heterocycles. The first kappa shape index (κ1) is 15.8. The van der Waals surface area contributed by atoms with E-state index in [1.165, 1.54) is 25.7 Å². The Bertz CT molecular complexity index is 585. The number of carbonyl (C=O) groups excluding carboxylic acids is 1. The highest BCUT2D eigenvalue weighted by atomic mass is 35.5. The van der Waals surface area contributed by atoms with Gasteiger partial charge in [0, 0.05) is 5.41 Å². The van der Waals surface area contributed by atoms with Crippen LogP contribution in [0.5, 0.6) is 0 Å². The summed E-state index contributed by atoms with van der Waals surface area (Å²) >= 11 is 6.41. The topological polar surface area (TPSA) is 57.5 Å². The van der Waals surface area contributed by atoms with Gasteiger partial charge in [-0.05, 0) is 67.6 Å². The lowest BCUT2D eigenvalue weighted by molar-refractivity contribution is -0.131. The van der Waals surface area contributed by atoms with Crippen molar-refractivity contribution in [2.45, 2.75) is 64.2 Å². The Hall–Kier alpha value is -0.700. The number of rotatable bonds is 0. The van der Waals surface area contributed by atoms with Crippen molar-refractivity contribution < 1.29 is 15.0 Å². The molecule has 23 heavy (non-hydrogen) atoms. The van der Waals surface area contributed by atoms with Gasteiger partial charge in [0.25, 0.3) is 0 Å². The second-order valence-corrected chi connectivity index (χ2v) is 9.36. The van der Waals surface area contributed by atoms with E-state index >= 15 is 0 Å². The molecule has 0 aromatic rings. The van der Waals surface area contributed by atoms with Crippen molar-refractivity contribution in [2.75, 3.05) is 0 Å². The van der Waals surface area contributed by atoms with Gasteiger partial charge in [-0.15, -0.1) is 11.6 Å². The maximum atomic E-state index is 12.1. The number of hydrogen-bond donors (Lipinski definition) is 2. The van der Waals surface area contributed by atoms with E-state index in [1.54, 1.807) is 0 Å². The van der Waals surface area contributed by atoms with Gasteiger partial charge in [0.05, 0.1) is 0 Å². The summed E-state index contributed by atoms with van der Waals surface area (Å²) in [6, 6.07) is 0. The van der Waals surface area contributed by atoms with Gasteiger partial charge < -0.3 is 10.2 Å². The summed E-state index contributed by atoms with van der Waals surface area (Å²) in [4.78, 5) is 12.1. The summed E-state index contributed by atoms with van der Waals surface area (Å²) in [5, 5.41) is 20.2. The minimum Gasteiger partial charge on any atom is -0.508 e. The molecule has 0 aromatic carbocycles. The van der Waals surface area contributed by atoms with Gasteiger partial charge >= 0.3 is 0 Å². The van der Waals surface area contributed by atoms with Gasteiger partial charge in [-0.1, -0.05) is 20.3 Å². The van der Waals surface area contributed by atoms with Crippen LogP contribution in [0.15, 0.2) is 11.5 Å². The molecule has 0 radical (unpaired) electrons. The number of allylic oxidation sites excluding steroid dienone is 2. The molecule has 3 fully saturated rings. The van der Waals surface area contributed by atoms with Crippen molar-refractivity contribution in [2.24, 2.45) is 34.5 Å². The number of aliphatic hydroxyl groups is 2. The van der Waals surface area contributed by atoms with E-state index in [1.807, 2.05) is 6.92 Å². The van der Waals surface area contributed by atoms with Crippen molar-refractivity contribution in [3.05, 3.63) is 11.5 Å². The zero-order chi connectivity index (χ0) is 16.6. The number of halogens is 1. The number of ketones is 1. The van der Waals surface area contributed by atoms with Crippen LogP contribution in [-0.4, -0.2) is 21.4 Å². The summed E-state index contributed by atoms with van der Waals surface area (Å²) in [7, 11) is 0. The van der Waals surface area contributed by atoms with E-state index in [2.05, 4.69) is 6.92 Å². The number of Topliss-reactive ketones (excluding diaryl/α,β-unsaturated/α-hetero) is 1. The molecule has 0 heterocycles. The van der Waals surface area contributed by atoms with Crippen LogP contribution in [0, 0.1) is 34.5 Å². The number of carbonyl (C=O) groups is 1. The lowest BCUT2D eigenvalue weighted by Crippen LogP contribution is -2.57. The Morgan fingerprint density at radius 1 is 1.00 bits per heavy atom. The molecule has 3 nitrogen and oxygen atoms in total. The van der Waals surface area contributed by atoms with E-state index in [9.17, 15) is 15.0 Å². The van der Waals surface area contributed by atoms with Crippen LogP contribution in [0.2, 0.25) is 0 Å². The number of fused-ring (bicyclic) bond motifs is 5. The largest absolute Gasteiger partial charge is 0.508 e. The lowest BCUT2D eigenvalue weighted by atomic mass is 9.46. The van der Waals surface area contributed by atoms with Crippen LogP contribution in [0.25, 0.3) is 0 Å². The molecular weight excluding hydrogens is 312 g/mol. The molecule has 0 amide bonds. The fraction of sp³-hybridized carbons (Fsp3) is 0.842. The molecule has 0 spiro atoms. The third-order valence-corrected chi connectivity index (χ3v) is 8.64. The molecule has 0 aromatic heterocycles. The molecule has 3 saturated carbocycles. The quantitative estimate of drug-likeness (QED) is 0.626. The number of alkyl halides is 1. The Morgan fingerprint density at radius 2 is 1.74 bits per heavy atom. The summed E-state index contributed by atoms with van der Waals surface area (Å²) < 4.78 is 0. The predicted octanol–water partition coefficient (Wildman–Crippen LogP) is 4.75. The molecule has 0 aliphatic heterocycles. The smallest absolute Gasteiger partial charge is 0.218 e. The van der Waals surface area contributed by atoms with Gasteiger partial charge in [0.1, 0.15) is 11.1 Å². The predicted molar refractivity (Wildman–Crippen MR) is 89.4 cm³/mol. The van der Waals surface area contributed by atoms with Crippen LogP contribution in [0.4, 0.5) is 0 Å². The van der Waals surface area contributed by atoms with Crippen molar-refractivity contribution in [1.29, 1.82) is 0 Å². The number of aliphatic hydroxyl groups excluding tert-OH is 2. The summed E-state index contributed by atoms with van der Waals surface area (Å²) in [6.45, 7) is 4.48. The van der Waals surface area contributed by atoms with Crippen molar-refractivity contribution in [3.63, 3.8) is 0 Å². The van der Waals surface area contributed by atoms with Gasteiger partial charge in [-0.2, -0.15) is 0 Å². The van der Waals surface area contributed by atoms with Crippen LogP contribution < -0.4 is 0 Å². The third-order valence-electron chi connectivity index (χ3n) is 8.14. The van der Waals surface area contributed by atoms with E-state index in [0.29, 0.717) is 17.3 Å². The molecule has 7 atom stereocenters. The van der Waals surface area contributed by atoms with Crippen molar-refractivity contribution in [3.8, 4) is 0 Å². The van der Waals surface area contributed by atoms with Gasteiger partial charge in [-0.25, -0.2) is 0 Å². The van der Waals surface area contributed by atoms with Gasteiger partial charge in [-0.3, -0.25) is 4.79 Å². The third kappa shape index (κ3) is 1.86. The highest BCUT2D eigenvalue weighted by Gasteiger charge is 2.62. The molecule has 128 valence electrons. The minimum absolute atomic E-state index is 0.0559. The summed E-state index contributed by atoms with van der Waals surface area (Å²) in [6.07, 6.45) is 8.17. The summed E-state index contributed by atoms with van der Waals surface area (Å²) in [5.41, 5.74) is -0.0894. The molecule has 4 aliphatic carbocycles. The van der Waals surface area contributed by atoms with Crippen LogP contribution in [-0.2, 0) is 4.79 Å². The Labute approximate surface area is 143 Å². The van der Waals surface area contributed by atoms with E-state index in [4.69, 9.17) is 11.6 Å². The molecule has 4 rings (SSSR count). The molecule has 2 unspecified atom stereocenters. The highest BCUT2D eigenvalue weighted by Crippen LogP contribution is 2.66. The monoisotopic (exact) mass is 338 g/mol. The van der Waals surface area contributed by atoms with Gasteiger partial charge in [0.15, 0.2) is 5.76 Å². The Kier molecular flexibility index (Phi) is 3.37. The second kappa shape index (κ2) is 4.91. The first-order chi connectivity index (χ1) is 10.8. The average Bonchev–Trinajstić information content (AvgIpc) is 2.93. The lowest BCUT2D eigenvalue weighted by Gasteiger charge is -2.59. The zero-order valence-electron chi connectivity index (χ0n) is 14.0. The molecule has 2 N–H and O–H groups in total.